The predicted octanol–water partition coefficient (Wildman–Crippen LogP) is 4.11. The van der Waals surface area contributed by atoms with Crippen LogP contribution in [0.5, 0.6) is 17.2 Å². The van der Waals surface area contributed by atoms with Gasteiger partial charge in [0.15, 0.2) is 0 Å². The van der Waals surface area contributed by atoms with E-state index in [0.29, 0.717) is 23.5 Å². The SMILES string of the molecule is COc1ccc2c(c1)OC[C@H]1[C@@H]2c2c(c3ccccc3oc2=O)OC1(C)C. The molecule has 0 unspecified atom stereocenters. The van der Waals surface area contributed by atoms with Crippen LogP contribution < -0.4 is 19.8 Å². The lowest BCUT2D eigenvalue weighted by atomic mass is 9.70. The number of rotatable bonds is 1. The lowest BCUT2D eigenvalue weighted by Crippen LogP contribution is -2.50. The van der Waals surface area contributed by atoms with Crippen LogP contribution in [0.1, 0.15) is 30.9 Å². The first-order valence-electron chi connectivity index (χ1n) is 9.05. The Balaban J connectivity index is 1.83. The zero-order chi connectivity index (χ0) is 18.8. The lowest BCUT2D eigenvalue weighted by molar-refractivity contribution is -0.0137. The Hall–Kier alpha value is -2.95. The highest BCUT2D eigenvalue weighted by Gasteiger charge is 2.50. The van der Waals surface area contributed by atoms with Crippen LogP contribution in [0.25, 0.3) is 11.0 Å². The molecular weight excluding hydrogens is 344 g/mol. The summed E-state index contributed by atoms with van der Waals surface area (Å²) in [6.07, 6.45) is 0. The first-order chi connectivity index (χ1) is 13.0. The van der Waals surface area contributed by atoms with Gasteiger partial charge in [-0.2, -0.15) is 0 Å². The highest BCUT2D eigenvalue weighted by atomic mass is 16.5. The maximum absolute atomic E-state index is 13.0. The molecule has 0 fully saturated rings. The van der Waals surface area contributed by atoms with E-state index in [1.54, 1.807) is 13.2 Å². The molecule has 0 N–H and O–H groups in total. The van der Waals surface area contributed by atoms with Gasteiger partial charge in [0, 0.05) is 23.5 Å². The zero-order valence-electron chi connectivity index (χ0n) is 15.4. The molecule has 3 heterocycles. The summed E-state index contributed by atoms with van der Waals surface area (Å²) in [5.74, 6) is 1.93. The molecule has 2 aliphatic rings. The minimum absolute atomic E-state index is 0.00467. The van der Waals surface area contributed by atoms with Crippen molar-refractivity contribution in [1.29, 1.82) is 0 Å². The molecular formula is C22H20O5. The molecule has 0 saturated heterocycles. The molecule has 2 aromatic carbocycles. The van der Waals surface area contributed by atoms with E-state index in [1.165, 1.54) is 0 Å². The third kappa shape index (κ3) is 2.27. The number of hydrogen-bond donors (Lipinski definition) is 0. The van der Waals surface area contributed by atoms with Crippen molar-refractivity contribution in [3.05, 3.63) is 64.0 Å². The highest BCUT2D eigenvalue weighted by Crippen LogP contribution is 2.53. The van der Waals surface area contributed by atoms with Crippen molar-refractivity contribution < 1.29 is 18.6 Å². The Morgan fingerprint density at radius 1 is 1.15 bits per heavy atom. The van der Waals surface area contributed by atoms with Crippen LogP contribution in [0, 0.1) is 5.92 Å². The Morgan fingerprint density at radius 3 is 2.78 bits per heavy atom. The Morgan fingerprint density at radius 2 is 1.96 bits per heavy atom. The summed E-state index contributed by atoms with van der Waals surface area (Å²) in [4.78, 5) is 13.0. The van der Waals surface area contributed by atoms with Gasteiger partial charge in [-0.1, -0.05) is 18.2 Å². The topological polar surface area (TPSA) is 57.9 Å². The summed E-state index contributed by atoms with van der Waals surface area (Å²) in [5.41, 5.74) is 1.24. The molecule has 0 aliphatic carbocycles. The van der Waals surface area contributed by atoms with Gasteiger partial charge in [-0.3, -0.25) is 0 Å². The number of fused-ring (bicyclic) bond motifs is 7. The second kappa shape index (κ2) is 5.52. The normalized spacial score (nSPS) is 22.0. The molecule has 0 spiro atoms. The van der Waals surface area contributed by atoms with Gasteiger partial charge in [0.1, 0.15) is 28.4 Å². The number of para-hydroxylation sites is 1. The van der Waals surface area contributed by atoms with Crippen LogP contribution in [0.3, 0.4) is 0 Å². The maximum atomic E-state index is 13.0. The number of hydrogen-bond acceptors (Lipinski definition) is 5. The van der Waals surface area contributed by atoms with Crippen molar-refractivity contribution in [2.75, 3.05) is 13.7 Å². The molecule has 5 nitrogen and oxygen atoms in total. The molecule has 0 saturated carbocycles. The van der Waals surface area contributed by atoms with Gasteiger partial charge >= 0.3 is 5.63 Å². The van der Waals surface area contributed by atoms with Crippen molar-refractivity contribution in [2.24, 2.45) is 5.92 Å². The van der Waals surface area contributed by atoms with Crippen LogP contribution in [0.2, 0.25) is 0 Å². The van der Waals surface area contributed by atoms with Crippen molar-refractivity contribution in [3.8, 4) is 17.2 Å². The predicted molar refractivity (Wildman–Crippen MR) is 101 cm³/mol. The van der Waals surface area contributed by atoms with E-state index >= 15 is 0 Å². The number of methoxy groups -OCH3 is 1. The quantitative estimate of drug-likeness (QED) is 0.608. The zero-order valence-corrected chi connectivity index (χ0v) is 15.4. The first kappa shape index (κ1) is 16.2. The minimum atomic E-state index is -0.494. The molecule has 0 radical (unpaired) electrons. The molecule has 2 atom stereocenters. The Labute approximate surface area is 156 Å². The van der Waals surface area contributed by atoms with Crippen LogP contribution in [-0.2, 0) is 0 Å². The highest BCUT2D eigenvalue weighted by molar-refractivity contribution is 5.85. The fourth-order valence-corrected chi connectivity index (χ4v) is 4.33. The van der Waals surface area contributed by atoms with Gasteiger partial charge in [0.25, 0.3) is 0 Å². The van der Waals surface area contributed by atoms with Crippen LogP contribution >= 0.6 is 0 Å². The molecule has 5 rings (SSSR count). The molecule has 3 aromatic rings. The summed E-state index contributed by atoms with van der Waals surface area (Å²) in [6, 6.07) is 13.2. The van der Waals surface area contributed by atoms with Gasteiger partial charge in [0.2, 0.25) is 0 Å². The van der Waals surface area contributed by atoms with Crippen LogP contribution in [0.15, 0.2) is 51.7 Å². The number of ether oxygens (including phenoxy) is 3. The largest absolute Gasteiger partial charge is 0.497 e. The van der Waals surface area contributed by atoms with E-state index in [1.807, 2.05) is 36.4 Å². The molecule has 1 aromatic heterocycles. The monoisotopic (exact) mass is 364 g/mol. The van der Waals surface area contributed by atoms with Gasteiger partial charge in [-0.25, -0.2) is 4.79 Å². The summed E-state index contributed by atoms with van der Waals surface area (Å²) >= 11 is 0. The molecule has 27 heavy (non-hydrogen) atoms. The average molecular weight is 364 g/mol. The maximum Gasteiger partial charge on any atom is 0.343 e. The molecule has 0 amide bonds. The van der Waals surface area contributed by atoms with Crippen LogP contribution in [0.4, 0.5) is 0 Å². The third-order valence-electron chi connectivity index (χ3n) is 5.74. The standard InChI is InChI=1S/C22H20O5/c1-22(2)15-11-25-17-10-12(24-3)8-9-13(17)18(15)19-20(27-22)14-6-4-5-7-16(14)26-21(19)23/h4-10,15,18H,11H2,1-3H3/t15-,18+/m0/s1. The van der Waals surface area contributed by atoms with Gasteiger partial charge < -0.3 is 18.6 Å². The third-order valence-corrected chi connectivity index (χ3v) is 5.74. The molecule has 0 bridgehead atoms. The van der Waals surface area contributed by atoms with Crippen molar-refractivity contribution in [2.45, 2.75) is 25.4 Å². The smallest absolute Gasteiger partial charge is 0.343 e. The molecule has 2 aliphatic heterocycles. The van der Waals surface area contributed by atoms with Crippen LogP contribution in [-0.4, -0.2) is 19.3 Å². The van der Waals surface area contributed by atoms with Gasteiger partial charge in [-0.05, 0) is 32.0 Å². The van der Waals surface area contributed by atoms with E-state index < -0.39 is 5.60 Å². The summed E-state index contributed by atoms with van der Waals surface area (Å²) < 4.78 is 23.4. The van der Waals surface area contributed by atoms with E-state index in [4.69, 9.17) is 18.6 Å². The second-order valence-corrected chi connectivity index (χ2v) is 7.63. The average Bonchev–Trinajstić information content (AvgIpc) is 2.66. The van der Waals surface area contributed by atoms with Gasteiger partial charge in [-0.15, -0.1) is 0 Å². The van der Waals surface area contributed by atoms with E-state index in [-0.39, 0.29) is 17.5 Å². The van der Waals surface area contributed by atoms with Crippen molar-refractivity contribution in [3.63, 3.8) is 0 Å². The number of benzene rings is 2. The minimum Gasteiger partial charge on any atom is -0.497 e. The summed E-state index contributed by atoms with van der Waals surface area (Å²) in [5, 5.41) is 0.820. The van der Waals surface area contributed by atoms with Crippen molar-refractivity contribution in [1.82, 2.24) is 0 Å². The molecule has 5 heteroatoms. The fraction of sp³-hybridized carbons (Fsp3) is 0.318. The van der Waals surface area contributed by atoms with Gasteiger partial charge in [0.05, 0.1) is 24.7 Å². The Kier molecular flexibility index (Phi) is 3.32. The second-order valence-electron chi connectivity index (χ2n) is 7.63. The van der Waals surface area contributed by atoms with E-state index in [0.717, 1.165) is 22.4 Å². The fourth-order valence-electron chi connectivity index (χ4n) is 4.33. The van der Waals surface area contributed by atoms with E-state index in [2.05, 4.69) is 13.8 Å². The summed E-state index contributed by atoms with van der Waals surface area (Å²) in [7, 11) is 1.63. The Bertz CT molecular complexity index is 1110. The first-order valence-corrected chi connectivity index (χ1v) is 9.05. The van der Waals surface area contributed by atoms with Crippen molar-refractivity contribution >= 4 is 11.0 Å². The lowest BCUT2D eigenvalue weighted by Gasteiger charge is -2.47. The molecule has 138 valence electrons. The summed E-state index contributed by atoms with van der Waals surface area (Å²) in [6.45, 7) is 4.56. The van der Waals surface area contributed by atoms with E-state index in [9.17, 15) is 4.79 Å².